The monoisotopic (exact) mass is 451 g/mol. The van der Waals surface area contributed by atoms with E-state index in [0.29, 0.717) is 17.7 Å². The van der Waals surface area contributed by atoms with Crippen LogP contribution < -0.4 is 15.9 Å². The molecular formula is C29H26NO2P. The molecule has 0 aromatic heterocycles. The maximum absolute atomic E-state index is 12.9. The number of hydrogen-bond acceptors (Lipinski definition) is 2. The van der Waals surface area contributed by atoms with Crippen molar-refractivity contribution in [1.29, 1.82) is 0 Å². The zero-order valence-corrected chi connectivity index (χ0v) is 19.4. The molecule has 4 heteroatoms. The molecule has 33 heavy (non-hydrogen) atoms. The predicted octanol–water partition coefficient (Wildman–Crippen LogP) is 4.40. The molecule has 5 rings (SSSR count). The van der Waals surface area contributed by atoms with E-state index in [9.17, 15) is 9.59 Å². The second kappa shape index (κ2) is 9.13. The molecule has 0 spiro atoms. The Bertz CT molecular complexity index is 1140. The van der Waals surface area contributed by atoms with Gasteiger partial charge in [0.25, 0.3) is 0 Å². The number of hydrogen-bond donors (Lipinski definition) is 0. The molecular weight excluding hydrogens is 425 g/mol. The zero-order chi connectivity index (χ0) is 22.7. The van der Waals surface area contributed by atoms with E-state index in [1.165, 1.54) is 20.8 Å². The summed E-state index contributed by atoms with van der Waals surface area (Å²) in [5.41, 5.74) is 1.03. The molecule has 4 aromatic rings. The summed E-state index contributed by atoms with van der Waals surface area (Å²) in [6, 6.07) is 39.3. The molecule has 1 heterocycles. The molecule has 0 saturated heterocycles. The van der Waals surface area contributed by atoms with Gasteiger partial charge in [-0.25, -0.2) is 0 Å². The third kappa shape index (κ3) is 3.79. The van der Waals surface area contributed by atoms with Gasteiger partial charge >= 0.3 is 195 Å². The zero-order valence-electron chi connectivity index (χ0n) is 18.4. The molecule has 0 atom stereocenters. The fraction of sp³-hybridized carbons (Fsp3) is 0.103. The van der Waals surface area contributed by atoms with E-state index in [-0.39, 0.29) is 11.8 Å². The van der Waals surface area contributed by atoms with Gasteiger partial charge in [-0.05, 0) is 0 Å². The molecule has 4 aromatic carbocycles. The van der Waals surface area contributed by atoms with Crippen LogP contribution in [0.25, 0.3) is 0 Å². The van der Waals surface area contributed by atoms with Crippen LogP contribution in [0.1, 0.15) is 27.1 Å². The average molecular weight is 452 g/mol. The molecule has 0 unspecified atom stereocenters. The number of benzene rings is 4. The Kier molecular flexibility index (Phi) is 5.90. The van der Waals surface area contributed by atoms with Crippen molar-refractivity contribution in [3.05, 3.63) is 126 Å². The van der Waals surface area contributed by atoms with Crippen LogP contribution in [0, 0.1) is 0 Å². The first-order valence-electron chi connectivity index (χ1n) is 11.3. The van der Waals surface area contributed by atoms with E-state index in [1.807, 2.05) is 12.1 Å². The van der Waals surface area contributed by atoms with Crippen LogP contribution in [0.5, 0.6) is 0 Å². The minimum absolute atomic E-state index is 0.179. The number of nitrogens with zero attached hydrogens (tertiary/aromatic N) is 1. The van der Waals surface area contributed by atoms with E-state index in [1.54, 1.807) is 12.1 Å². The second-order valence-electron chi connectivity index (χ2n) is 8.41. The molecule has 2 amide bonds. The normalized spacial score (nSPS) is 13.8. The SMILES string of the molecule is O=C1c2ccccc2C(=O)N1CCC[PH](c1ccccc1)(c1ccccc1)c1ccccc1. The van der Waals surface area contributed by atoms with Gasteiger partial charge < -0.3 is 0 Å². The first-order valence-corrected chi connectivity index (χ1v) is 13.5. The van der Waals surface area contributed by atoms with Crippen molar-refractivity contribution in [3.63, 3.8) is 0 Å². The van der Waals surface area contributed by atoms with Crippen molar-refractivity contribution in [2.75, 3.05) is 12.7 Å². The molecule has 0 N–H and O–H groups in total. The molecule has 0 aliphatic carbocycles. The quantitative estimate of drug-likeness (QED) is 0.309. The Labute approximate surface area is 195 Å². The first kappa shape index (κ1) is 21.3. The molecule has 1 aliphatic rings. The van der Waals surface area contributed by atoms with Gasteiger partial charge in [0.1, 0.15) is 0 Å². The summed E-state index contributed by atoms with van der Waals surface area (Å²) in [6.07, 6.45) is 1.65. The van der Waals surface area contributed by atoms with Gasteiger partial charge in [0.2, 0.25) is 0 Å². The van der Waals surface area contributed by atoms with Gasteiger partial charge in [-0.2, -0.15) is 0 Å². The first-order chi connectivity index (χ1) is 16.2. The summed E-state index contributed by atoms with van der Waals surface area (Å²) in [6.45, 7) is 0.424. The van der Waals surface area contributed by atoms with Crippen LogP contribution >= 0.6 is 7.26 Å². The molecule has 3 nitrogen and oxygen atoms in total. The second-order valence-corrected chi connectivity index (χ2v) is 12.5. The van der Waals surface area contributed by atoms with E-state index in [0.717, 1.165) is 12.6 Å². The van der Waals surface area contributed by atoms with Crippen molar-refractivity contribution < 1.29 is 9.59 Å². The van der Waals surface area contributed by atoms with E-state index >= 15 is 0 Å². The Morgan fingerprint density at radius 1 is 0.515 bits per heavy atom. The molecule has 0 fully saturated rings. The van der Waals surface area contributed by atoms with Crippen LogP contribution in [-0.4, -0.2) is 29.4 Å². The summed E-state index contributed by atoms with van der Waals surface area (Å²) in [5.74, 6) is -0.357. The Hall–Kier alpha value is -3.55. The summed E-state index contributed by atoms with van der Waals surface area (Å²) in [5, 5.41) is 4.01. The minimum atomic E-state index is -2.37. The average Bonchev–Trinajstić information content (AvgIpc) is 3.13. The van der Waals surface area contributed by atoms with Crippen molar-refractivity contribution in [1.82, 2.24) is 4.90 Å². The van der Waals surface area contributed by atoms with E-state index < -0.39 is 7.26 Å². The van der Waals surface area contributed by atoms with E-state index in [4.69, 9.17) is 0 Å². The van der Waals surface area contributed by atoms with Gasteiger partial charge in [-0.15, -0.1) is 0 Å². The number of carbonyl (C=O) groups excluding carboxylic acids is 2. The topological polar surface area (TPSA) is 37.4 Å². The van der Waals surface area contributed by atoms with Gasteiger partial charge in [0.05, 0.1) is 0 Å². The third-order valence-electron chi connectivity index (χ3n) is 6.61. The summed E-state index contributed by atoms with van der Waals surface area (Å²) >= 11 is 0. The Morgan fingerprint density at radius 3 is 1.27 bits per heavy atom. The van der Waals surface area contributed by atoms with Crippen molar-refractivity contribution in [2.24, 2.45) is 0 Å². The maximum atomic E-state index is 12.9. The molecule has 0 bridgehead atoms. The molecule has 1 aliphatic heterocycles. The van der Waals surface area contributed by atoms with Crippen LogP contribution in [0.15, 0.2) is 115 Å². The number of carbonyl (C=O) groups is 2. The summed E-state index contributed by atoms with van der Waals surface area (Å²) in [7, 11) is -2.37. The Balaban J connectivity index is 1.51. The Morgan fingerprint density at radius 2 is 0.879 bits per heavy atom. The van der Waals surface area contributed by atoms with Gasteiger partial charge in [-0.1, -0.05) is 0 Å². The van der Waals surface area contributed by atoms with Gasteiger partial charge in [-0.3, -0.25) is 0 Å². The van der Waals surface area contributed by atoms with Crippen molar-refractivity contribution >= 4 is 35.0 Å². The molecule has 0 saturated carbocycles. The van der Waals surface area contributed by atoms with Gasteiger partial charge in [0.15, 0.2) is 0 Å². The van der Waals surface area contributed by atoms with Crippen LogP contribution in [0.3, 0.4) is 0 Å². The van der Waals surface area contributed by atoms with Crippen molar-refractivity contribution in [3.8, 4) is 0 Å². The third-order valence-corrected chi connectivity index (χ3v) is 11.7. The van der Waals surface area contributed by atoms with Gasteiger partial charge in [0, 0.05) is 0 Å². The molecule has 0 radical (unpaired) electrons. The van der Waals surface area contributed by atoms with E-state index in [2.05, 4.69) is 91.0 Å². The number of imide groups is 1. The van der Waals surface area contributed by atoms with Crippen LogP contribution in [-0.2, 0) is 0 Å². The van der Waals surface area contributed by atoms with Crippen LogP contribution in [0.2, 0.25) is 0 Å². The molecule has 164 valence electrons. The number of fused-ring (bicyclic) bond motifs is 1. The number of rotatable bonds is 7. The summed E-state index contributed by atoms with van der Waals surface area (Å²) in [4.78, 5) is 27.2. The summed E-state index contributed by atoms with van der Waals surface area (Å²) < 4.78 is 0. The van der Waals surface area contributed by atoms with Crippen molar-refractivity contribution in [2.45, 2.75) is 6.42 Å². The fourth-order valence-corrected chi connectivity index (χ4v) is 9.88. The standard InChI is InChI=1S/C29H26NO2P/c31-28-26-19-10-11-20-27(26)29(32)30(28)21-12-22-33(23-13-4-1-5-14-23,24-15-6-2-7-16-24)25-17-8-3-9-18-25/h1-11,13-20,33H,12,21-22H2. The van der Waals surface area contributed by atoms with Crippen LogP contribution in [0.4, 0.5) is 0 Å². The fourth-order valence-electron chi connectivity index (χ4n) is 5.05. The predicted molar refractivity (Wildman–Crippen MR) is 138 cm³/mol. The number of amides is 2.